The zero-order valence-corrected chi connectivity index (χ0v) is 9.87. The monoisotopic (exact) mass is 256 g/mol. The highest BCUT2D eigenvalue weighted by molar-refractivity contribution is 9.09. The van der Waals surface area contributed by atoms with Crippen LogP contribution in [-0.4, -0.2) is 19.5 Å². The summed E-state index contributed by atoms with van der Waals surface area (Å²) >= 11 is 3.33. The average Bonchev–Trinajstić information content (AvgIpc) is 2.26. The quantitative estimate of drug-likeness (QED) is 0.771. The molecule has 0 heterocycles. The lowest BCUT2D eigenvalue weighted by Crippen LogP contribution is -1.89. The van der Waals surface area contributed by atoms with Gasteiger partial charge in [0.1, 0.15) is 11.5 Å². The summed E-state index contributed by atoms with van der Waals surface area (Å²) in [6.07, 6.45) is 4.03. The molecule has 0 radical (unpaired) electrons. The summed E-state index contributed by atoms with van der Waals surface area (Å²) in [6, 6.07) is 5.75. The van der Waals surface area contributed by atoms with Crippen molar-refractivity contribution in [3.63, 3.8) is 0 Å². The normalized spacial score (nSPS) is 10.5. The van der Waals surface area contributed by atoms with Gasteiger partial charge in [-0.3, -0.25) is 0 Å². The summed E-state index contributed by atoms with van der Waals surface area (Å²) in [5.74, 6) is 1.62. The standard InChI is InChI=1S/C11H13BrO2/c1-13-10-6-5-9(4-3-7-12)11(8-10)14-2/h3-6,8H,7H2,1-2H3/b4-3+. The maximum Gasteiger partial charge on any atom is 0.129 e. The molecule has 3 heteroatoms. The molecule has 0 atom stereocenters. The number of rotatable bonds is 4. The summed E-state index contributed by atoms with van der Waals surface area (Å²) in [7, 11) is 3.29. The largest absolute Gasteiger partial charge is 0.497 e. The third-order valence-corrected chi connectivity index (χ3v) is 2.20. The number of allylic oxidation sites excluding steroid dienone is 1. The van der Waals surface area contributed by atoms with Crippen LogP contribution >= 0.6 is 15.9 Å². The van der Waals surface area contributed by atoms with Crippen LogP contribution in [0, 0.1) is 0 Å². The van der Waals surface area contributed by atoms with Gasteiger partial charge in [-0.15, -0.1) is 0 Å². The number of hydrogen-bond donors (Lipinski definition) is 0. The Morgan fingerprint density at radius 2 is 2.07 bits per heavy atom. The van der Waals surface area contributed by atoms with Crippen molar-refractivity contribution in [3.8, 4) is 11.5 Å². The van der Waals surface area contributed by atoms with Gasteiger partial charge in [-0.2, -0.15) is 0 Å². The molecule has 0 N–H and O–H groups in total. The van der Waals surface area contributed by atoms with Gasteiger partial charge in [0.25, 0.3) is 0 Å². The number of methoxy groups -OCH3 is 2. The first-order valence-corrected chi connectivity index (χ1v) is 5.38. The van der Waals surface area contributed by atoms with Crippen LogP contribution in [0.4, 0.5) is 0 Å². The molecule has 0 saturated heterocycles. The number of hydrogen-bond acceptors (Lipinski definition) is 2. The van der Waals surface area contributed by atoms with E-state index in [1.807, 2.05) is 30.4 Å². The Morgan fingerprint density at radius 3 is 2.64 bits per heavy atom. The molecule has 14 heavy (non-hydrogen) atoms. The second-order valence-electron chi connectivity index (χ2n) is 2.66. The predicted molar refractivity (Wildman–Crippen MR) is 62.4 cm³/mol. The summed E-state index contributed by atoms with van der Waals surface area (Å²) < 4.78 is 10.3. The molecule has 1 aromatic carbocycles. The first kappa shape index (κ1) is 11.1. The lowest BCUT2D eigenvalue weighted by Gasteiger charge is -2.06. The summed E-state index contributed by atoms with van der Waals surface area (Å²) in [4.78, 5) is 0. The van der Waals surface area contributed by atoms with Gasteiger partial charge in [0.15, 0.2) is 0 Å². The van der Waals surface area contributed by atoms with Crippen molar-refractivity contribution in [2.75, 3.05) is 19.5 Å². The van der Waals surface area contributed by atoms with Crippen LogP contribution in [0.5, 0.6) is 11.5 Å². The topological polar surface area (TPSA) is 18.5 Å². The van der Waals surface area contributed by atoms with Gasteiger partial charge in [0.05, 0.1) is 14.2 Å². The zero-order chi connectivity index (χ0) is 10.4. The first-order chi connectivity index (χ1) is 6.81. The van der Waals surface area contributed by atoms with Crippen LogP contribution in [0.1, 0.15) is 5.56 Å². The van der Waals surface area contributed by atoms with Crippen LogP contribution in [0.25, 0.3) is 6.08 Å². The molecule has 0 aliphatic heterocycles. The van der Waals surface area contributed by atoms with Crippen molar-refractivity contribution in [2.24, 2.45) is 0 Å². The number of halogens is 1. The molecule has 0 aliphatic carbocycles. The molecule has 1 aromatic rings. The summed E-state index contributed by atoms with van der Waals surface area (Å²) in [5.41, 5.74) is 1.05. The van der Waals surface area contributed by atoms with E-state index in [1.165, 1.54) is 0 Å². The molecular weight excluding hydrogens is 244 g/mol. The molecule has 0 bridgehead atoms. The van der Waals surface area contributed by atoms with Crippen molar-refractivity contribution in [1.29, 1.82) is 0 Å². The second kappa shape index (κ2) is 5.70. The third-order valence-electron chi connectivity index (χ3n) is 1.83. The van der Waals surface area contributed by atoms with E-state index < -0.39 is 0 Å². The average molecular weight is 257 g/mol. The minimum atomic E-state index is 0.804. The summed E-state index contributed by atoms with van der Waals surface area (Å²) in [5, 5.41) is 0.835. The molecule has 0 amide bonds. The number of ether oxygens (including phenoxy) is 2. The Hall–Kier alpha value is -0.960. The Labute approximate surface area is 92.7 Å². The molecule has 2 nitrogen and oxygen atoms in total. The molecule has 0 aliphatic rings. The molecule has 76 valence electrons. The molecule has 0 spiro atoms. The van der Waals surface area contributed by atoms with E-state index in [2.05, 4.69) is 15.9 Å². The van der Waals surface area contributed by atoms with Gasteiger partial charge in [-0.1, -0.05) is 28.1 Å². The van der Waals surface area contributed by atoms with Gasteiger partial charge in [0.2, 0.25) is 0 Å². The highest BCUT2D eigenvalue weighted by Crippen LogP contribution is 2.25. The molecule has 0 fully saturated rings. The van der Waals surface area contributed by atoms with E-state index in [0.717, 1.165) is 22.4 Å². The minimum Gasteiger partial charge on any atom is -0.497 e. The zero-order valence-electron chi connectivity index (χ0n) is 8.29. The Balaban J connectivity index is 2.99. The fourth-order valence-corrected chi connectivity index (χ4v) is 1.31. The van der Waals surface area contributed by atoms with Crippen LogP contribution in [0.15, 0.2) is 24.3 Å². The van der Waals surface area contributed by atoms with Crippen LogP contribution in [0.2, 0.25) is 0 Å². The van der Waals surface area contributed by atoms with Crippen molar-refractivity contribution >= 4 is 22.0 Å². The minimum absolute atomic E-state index is 0.804. The molecule has 0 aromatic heterocycles. The molecule has 1 rings (SSSR count). The van der Waals surface area contributed by atoms with Gasteiger partial charge in [-0.05, 0) is 12.1 Å². The van der Waals surface area contributed by atoms with Crippen LogP contribution in [0.3, 0.4) is 0 Å². The highest BCUT2D eigenvalue weighted by Gasteiger charge is 2.00. The fourth-order valence-electron chi connectivity index (χ4n) is 1.13. The van der Waals surface area contributed by atoms with E-state index in [9.17, 15) is 0 Å². The lowest BCUT2D eigenvalue weighted by molar-refractivity contribution is 0.394. The van der Waals surface area contributed by atoms with Gasteiger partial charge >= 0.3 is 0 Å². The summed E-state index contributed by atoms with van der Waals surface area (Å²) in [6.45, 7) is 0. The van der Waals surface area contributed by atoms with Crippen molar-refractivity contribution in [1.82, 2.24) is 0 Å². The maximum atomic E-state index is 5.24. The smallest absolute Gasteiger partial charge is 0.129 e. The second-order valence-corrected chi connectivity index (χ2v) is 3.31. The lowest BCUT2D eigenvalue weighted by atomic mass is 10.2. The molecule has 0 saturated carbocycles. The molecular formula is C11H13BrO2. The fraction of sp³-hybridized carbons (Fsp3) is 0.273. The molecule has 0 unspecified atom stereocenters. The van der Waals surface area contributed by atoms with E-state index in [-0.39, 0.29) is 0 Å². The van der Waals surface area contributed by atoms with E-state index in [1.54, 1.807) is 14.2 Å². The van der Waals surface area contributed by atoms with E-state index in [4.69, 9.17) is 9.47 Å². The predicted octanol–water partition coefficient (Wildman–Crippen LogP) is 3.11. The Kier molecular flexibility index (Phi) is 4.53. The van der Waals surface area contributed by atoms with Gasteiger partial charge in [0, 0.05) is 17.0 Å². The van der Waals surface area contributed by atoms with Crippen LogP contribution in [-0.2, 0) is 0 Å². The third kappa shape index (κ3) is 2.77. The van der Waals surface area contributed by atoms with Crippen molar-refractivity contribution in [2.45, 2.75) is 0 Å². The SMILES string of the molecule is COc1ccc(/C=C/CBr)c(OC)c1. The van der Waals surface area contributed by atoms with E-state index in [0.29, 0.717) is 0 Å². The van der Waals surface area contributed by atoms with Crippen molar-refractivity contribution < 1.29 is 9.47 Å². The maximum absolute atomic E-state index is 5.24. The van der Waals surface area contributed by atoms with Crippen molar-refractivity contribution in [3.05, 3.63) is 29.8 Å². The Bertz CT molecular complexity index is 321. The van der Waals surface area contributed by atoms with Crippen LogP contribution < -0.4 is 9.47 Å². The number of benzene rings is 1. The van der Waals surface area contributed by atoms with Gasteiger partial charge < -0.3 is 9.47 Å². The first-order valence-electron chi connectivity index (χ1n) is 4.26. The van der Waals surface area contributed by atoms with Gasteiger partial charge in [-0.25, -0.2) is 0 Å². The van der Waals surface area contributed by atoms with E-state index >= 15 is 0 Å². The Morgan fingerprint density at radius 1 is 1.29 bits per heavy atom. The number of alkyl halides is 1. The highest BCUT2D eigenvalue weighted by atomic mass is 79.9.